The smallest absolute Gasteiger partial charge is 0.417 e. The highest BCUT2D eigenvalue weighted by Crippen LogP contribution is 2.34. The van der Waals surface area contributed by atoms with Crippen molar-refractivity contribution < 1.29 is 24.2 Å². The molecule has 1 aliphatic rings. The summed E-state index contributed by atoms with van der Waals surface area (Å²) in [6.45, 7) is 3.69. The number of rotatable bonds is 8. The van der Waals surface area contributed by atoms with E-state index in [9.17, 15) is 14.7 Å². The lowest BCUT2D eigenvalue weighted by atomic mass is 9.91. The number of benzene rings is 3. The van der Waals surface area contributed by atoms with E-state index in [1.807, 2.05) is 66.7 Å². The zero-order valence-corrected chi connectivity index (χ0v) is 19.3. The molecule has 2 amide bonds. The fourth-order valence-electron chi connectivity index (χ4n) is 4.22. The van der Waals surface area contributed by atoms with Crippen LogP contribution in [-0.4, -0.2) is 39.8 Å². The second-order valence-corrected chi connectivity index (χ2v) is 8.96. The highest BCUT2D eigenvalue weighted by Gasteiger charge is 2.52. The maximum absolute atomic E-state index is 13.8. The summed E-state index contributed by atoms with van der Waals surface area (Å²) in [6.07, 6.45) is -2.85. The van der Waals surface area contributed by atoms with Gasteiger partial charge in [-0.25, -0.2) is 9.69 Å². The van der Waals surface area contributed by atoms with Gasteiger partial charge in [0.05, 0.1) is 12.6 Å². The Morgan fingerprint density at radius 3 is 2.06 bits per heavy atom. The average molecular weight is 460 g/mol. The van der Waals surface area contributed by atoms with Crippen molar-refractivity contribution in [1.29, 1.82) is 0 Å². The Bertz CT molecular complexity index is 1100. The molecule has 0 saturated carbocycles. The van der Waals surface area contributed by atoms with E-state index in [0.717, 1.165) is 16.0 Å². The van der Waals surface area contributed by atoms with Crippen LogP contribution in [0.1, 0.15) is 36.6 Å². The van der Waals surface area contributed by atoms with Crippen molar-refractivity contribution in [1.82, 2.24) is 4.90 Å². The largest absolute Gasteiger partial charge is 0.441 e. The number of cyclic esters (lactones) is 1. The SMILES string of the molecule is CC1(C)OC(=O)N(C(=O)[C@@H](OCc2ccccc2)[C@H](O)c2ccccc2)[C@H]1Cc1ccccc1. The Morgan fingerprint density at radius 2 is 1.47 bits per heavy atom. The molecule has 1 heterocycles. The molecular formula is C28H29NO5. The van der Waals surface area contributed by atoms with Crippen LogP contribution in [0.3, 0.4) is 0 Å². The summed E-state index contributed by atoms with van der Waals surface area (Å²) < 4.78 is 11.6. The van der Waals surface area contributed by atoms with E-state index in [2.05, 4.69) is 0 Å². The average Bonchev–Trinajstić information content (AvgIpc) is 3.08. The van der Waals surface area contributed by atoms with Gasteiger partial charge in [-0.05, 0) is 37.0 Å². The van der Waals surface area contributed by atoms with Crippen molar-refractivity contribution >= 4 is 12.0 Å². The van der Waals surface area contributed by atoms with Gasteiger partial charge in [0.15, 0.2) is 6.10 Å². The molecule has 0 radical (unpaired) electrons. The molecule has 6 nitrogen and oxygen atoms in total. The summed E-state index contributed by atoms with van der Waals surface area (Å²) in [5.74, 6) is -0.621. The summed E-state index contributed by atoms with van der Waals surface area (Å²) >= 11 is 0. The van der Waals surface area contributed by atoms with Crippen molar-refractivity contribution in [3.05, 3.63) is 108 Å². The van der Waals surface area contributed by atoms with Crippen LogP contribution in [0.5, 0.6) is 0 Å². The third-order valence-corrected chi connectivity index (χ3v) is 6.11. The van der Waals surface area contributed by atoms with Crippen molar-refractivity contribution in [2.75, 3.05) is 0 Å². The molecule has 0 aromatic heterocycles. The van der Waals surface area contributed by atoms with E-state index >= 15 is 0 Å². The van der Waals surface area contributed by atoms with Gasteiger partial charge >= 0.3 is 6.09 Å². The first-order chi connectivity index (χ1) is 16.4. The Labute approximate surface area is 199 Å². The van der Waals surface area contributed by atoms with E-state index in [0.29, 0.717) is 12.0 Å². The molecule has 0 spiro atoms. The zero-order chi connectivity index (χ0) is 24.1. The molecule has 4 rings (SSSR count). The number of aliphatic hydroxyl groups is 1. The fraction of sp³-hybridized carbons (Fsp3) is 0.286. The molecule has 6 heteroatoms. The van der Waals surface area contributed by atoms with Gasteiger partial charge in [-0.15, -0.1) is 0 Å². The summed E-state index contributed by atoms with van der Waals surface area (Å²) in [4.78, 5) is 27.9. The Balaban J connectivity index is 1.64. The Hall–Kier alpha value is -3.48. The van der Waals surface area contributed by atoms with Crippen LogP contribution in [0.4, 0.5) is 4.79 Å². The highest BCUT2D eigenvalue weighted by molar-refractivity contribution is 5.97. The van der Waals surface area contributed by atoms with Gasteiger partial charge in [0.1, 0.15) is 11.7 Å². The number of amides is 2. The highest BCUT2D eigenvalue weighted by atomic mass is 16.6. The molecule has 0 unspecified atom stereocenters. The van der Waals surface area contributed by atoms with Crippen molar-refractivity contribution in [3.63, 3.8) is 0 Å². The third-order valence-electron chi connectivity index (χ3n) is 6.11. The Morgan fingerprint density at radius 1 is 0.941 bits per heavy atom. The van der Waals surface area contributed by atoms with Gasteiger partial charge < -0.3 is 14.6 Å². The van der Waals surface area contributed by atoms with Crippen molar-refractivity contribution in [2.24, 2.45) is 0 Å². The molecule has 3 atom stereocenters. The van der Waals surface area contributed by atoms with E-state index in [4.69, 9.17) is 9.47 Å². The van der Waals surface area contributed by atoms with Crippen LogP contribution in [-0.2, 0) is 27.3 Å². The van der Waals surface area contributed by atoms with Crippen LogP contribution in [0.25, 0.3) is 0 Å². The molecule has 3 aromatic carbocycles. The number of carbonyl (C=O) groups excluding carboxylic acids is 2. The van der Waals surface area contributed by atoms with Crippen molar-refractivity contribution in [3.8, 4) is 0 Å². The first-order valence-corrected chi connectivity index (χ1v) is 11.4. The maximum atomic E-state index is 13.8. The lowest BCUT2D eigenvalue weighted by Gasteiger charge is -2.31. The van der Waals surface area contributed by atoms with Crippen molar-refractivity contribution in [2.45, 2.75) is 50.7 Å². The quantitative estimate of drug-likeness (QED) is 0.530. The number of carbonyl (C=O) groups is 2. The van der Waals surface area contributed by atoms with Crippen LogP contribution < -0.4 is 0 Å². The lowest BCUT2D eigenvalue weighted by molar-refractivity contribution is -0.152. The molecule has 1 saturated heterocycles. The molecule has 0 aliphatic carbocycles. The van der Waals surface area contributed by atoms with E-state index in [-0.39, 0.29) is 6.61 Å². The summed E-state index contributed by atoms with van der Waals surface area (Å²) in [6, 6.07) is 27.3. The zero-order valence-electron chi connectivity index (χ0n) is 19.3. The second-order valence-electron chi connectivity index (χ2n) is 8.96. The van der Waals surface area contributed by atoms with Gasteiger partial charge in [0.25, 0.3) is 5.91 Å². The molecular weight excluding hydrogens is 430 g/mol. The first-order valence-electron chi connectivity index (χ1n) is 11.4. The van der Waals surface area contributed by atoms with E-state index < -0.39 is 35.9 Å². The normalized spacial score (nSPS) is 18.9. The topological polar surface area (TPSA) is 76.1 Å². The molecule has 176 valence electrons. The molecule has 3 aromatic rings. The van der Waals surface area contributed by atoms with E-state index in [1.54, 1.807) is 38.1 Å². The van der Waals surface area contributed by atoms with Gasteiger partial charge in [-0.1, -0.05) is 91.0 Å². The summed E-state index contributed by atoms with van der Waals surface area (Å²) in [5, 5.41) is 11.2. The Kier molecular flexibility index (Phi) is 7.10. The van der Waals surface area contributed by atoms with Gasteiger partial charge in [-0.2, -0.15) is 0 Å². The van der Waals surface area contributed by atoms with Gasteiger partial charge in [0, 0.05) is 0 Å². The maximum Gasteiger partial charge on any atom is 0.417 e. The number of hydrogen-bond donors (Lipinski definition) is 1. The van der Waals surface area contributed by atoms with Crippen LogP contribution in [0.2, 0.25) is 0 Å². The fourth-order valence-corrected chi connectivity index (χ4v) is 4.22. The monoisotopic (exact) mass is 459 g/mol. The lowest BCUT2D eigenvalue weighted by Crippen LogP contribution is -2.51. The van der Waals surface area contributed by atoms with Crippen LogP contribution in [0.15, 0.2) is 91.0 Å². The molecule has 0 bridgehead atoms. The third kappa shape index (κ3) is 5.19. The summed E-state index contributed by atoms with van der Waals surface area (Å²) in [5.41, 5.74) is 1.46. The molecule has 1 fully saturated rings. The van der Waals surface area contributed by atoms with E-state index in [1.165, 1.54) is 0 Å². The second kappa shape index (κ2) is 10.2. The first kappa shape index (κ1) is 23.7. The van der Waals surface area contributed by atoms with Gasteiger partial charge in [0.2, 0.25) is 0 Å². The number of nitrogens with zero attached hydrogens (tertiary/aromatic N) is 1. The number of imide groups is 1. The molecule has 34 heavy (non-hydrogen) atoms. The standard InChI is InChI=1S/C28H29NO5/c1-28(2)23(18-20-12-6-3-7-13-20)29(27(32)34-28)26(31)25(24(30)22-16-10-5-11-17-22)33-19-21-14-8-4-9-15-21/h3-17,23-25,30H,18-19H2,1-2H3/t23-,24+,25-/m0/s1. The summed E-state index contributed by atoms with van der Waals surface area (Å²) in [7, 11) is 0. The molecule has 1 N–H and O–H groups in total. The minimum atomic E-state index is -1.29. The number of aliphatic hydroxyl groups excluding tert-OH is 1. The minimum Gasteiger partial charge on any atom is -0.441 e. The number of ether oxygens (including phenoxy) is 2. The predicted octanol–water partition coefficient (Wildman–Crippen LogP) is 4.67. The molecule has 1 aliphatic heterocycles. The van der Waals surface area contributed by atoms with Gasteiger partial charge in [-0.3, -0.25) is 4.79 Å². The minimum absolute atomic E-state index is 0.108. The number of hydrogen-bond acceptors (Lipinski definition) is 5. The van der Waals surface area contributed by atoms with Crippen LogP contribution in [0, 0.1) is 0 Å². The van der Waals surface area contributed by atoms with Crippen LogP contribution >= 0.6 is 0 Å². The predicted molar refractivity (Wildman–Crippen MR) is 128 cm³/mol.